The van der Waals surface area contributed by atoms with Gasteiger partial charge in [-0.25, -0.2) is 0 Å². The first-order chi connectivity index (χ1) is 14.9. The predicted molar refractivity (Wildman–Crippen MR) is 116 cm³/mol. The number of hydrazine groups is 1. The molecule has 31 heavy (non-hydrogen) atoms. The van der Waals surface area contributed by atoms with E-state index in [1.54, 1.807) is 35.2 Å². The molecule has 164 valence electrons. The maximum Gasteiger partial charge on any atom is 0.269 e. The fourth-order valence-corrected chi connectivity index (χ4v) is 3.30. The SMILES string of the molecule is COc1cc(C(=O)NNC(=O)Cc2ccc(N3CCCC3=O)cc2)ccc1OC(C)C. The van der Waals surface area contributed by atoms with Crippen LogP contribution >= 0.6 is 0 Å². The fraction of sp³-hybridized carbons (Fsp3) is 0.348. The van der Waals surface area contributed by atoms with E-state index >= 15 is 0 Å². The molecule has 0 atom stereocenters. The van der Waals surface area contributed by atoms with Crippen molar-refractivity contribution in [3.05, 3.63) is 53.6 Å². The van der Waals surface area contributed by atoms with Crippen molar-refractivity contribution in [3.63, 3.8) is 0 Å². The minimum Gasteiger partial charge on any atom is -0.493 e. The van der Waals surface area contributed by atoms with Crippen molar-refractivity contribution >= 4 is 23.4 Å². The van der Waals surface area contributed by atoms with Gasteiger partial charge in [-0.1, -0.05) is 12.1 Å². The van der Waals surface area contributed by atoms with Gasteiger partial charge in [0.15, 0.2) is 11.5 Å². The summed E-state index contributed by atoms with van der Waals surface area (Å²) in [4.78, 5) is 38.1. The molecule has 0 aromatic heterocycles. The quantitative estimate of drug-likeness (QED) is 0.665. The van der Waals surface area contributed by atoms with Crippen LogP contribution in [0.25, 0.3) is 0 Å². The molecule has 1 aliphatic rings. The number of carbonyl (C=O) groups is 3. The van der Waals surface area contributed by atoms with E-state index < -0.39 is 5.91 Å². The molecule has 2 aromatic carbocycles. The van der Waals surface area contributed by atoms with Crippen LogP contribution in [0.4, 0.5) is 5.69 Å². The highest BCUT2D eigenvalue weighted by Gasteiger charge is 2.21. The molecule has 0 spiro atoms. The van der Waals surface area contributed by atoms with Crippen molar-refractivity contribution in [2.24, 2.45) is 0 Å². The Morgan fingerprint density at radius 3 is 2.42 bits per heavy atom. The molecular weight excluding hydrogens is 398 g/mol. The van der Waals surface area contributed by atoms with E-state index in [0.717, 1.165) is 24.2 Å². The Balaban J connectivity index is 1.53. The van der Waals surface area contributed by atoms with Gasteiger partial charge in [0, 0.05) is 24.2 Å². The number of carbonyl (C=O) groups excluding carboxylic acids is 3. The van der Waals surface area contributed by atoms with Crippen molar-refractivity contribution < 1.29 is 23.9 Å². The number of amides is 3. The number of nitrogens with zero attached hydrogens (tertiary/aromatic N) is 1. The first-order valence-electron chi connectivity index (χ1n) is 10.2. The van der Waals surface area contributed by atoms with Crippen molar-refractivity contribution in [2.75, 3.05) is 18.6 Å². The molecular formula is C23H27N3O5. The van der Waals surface area contributed by atoms with Crippen LogP contribution in [0.15, 0.2) is 42.5 Å². The molecule has 1 saturated heterocycles. The number of ether oxygens (including phenoxy) is 2. The van der Waals surface area contributed by atoms with E-state index in [9.17, 15) is 14.4 Å². The van der Waals surface area contributed by atoms with Crippen molar-refractivity contribution in [1.82, 2.24) is 10.9 Å². The van der Waals surface area contributed by atoms with Crippen molar-refractivity contribution in [3.8, 4) is 11.5 Å². The Kier molecular flexibility index (Phi) is 7.12. The Morgan fingerprint density at radius 1 is 1.06 bits per heavy atom. The summed E-state index contributed by atoms with van der Waals surface area (Å²) < 4.78 is 10.9. The van der Waals surface area contributed by atoms with E-state index in [4.69, 9.17) is 9.47 Å². The summed E-state index contributed by atoms with van der Waals surface area (Å²) in [6, 6.07) is 12.1. The van der Waals surface area contributed by atoms with E-state index in [-0.39, 0.29) is 24.3 Å². The molecule has 1 fully saturated rings. The zero-order valence-corrected chi connectivity index (χ0v) is 17.9. The molecule has 8 heteroatoms. The number of benzene rings is 2. The molecule has 1 aliphatic heterocycles. The van der Waals surface area contributed by atoms with Crippen molar-refractivity contribution in [1.29, 1.82) is 0 Å². The standard InChI is InChI=1S/C23H27N3O5/c1-15(2)31-19-11-8-17(14-20(19)30-3)23(29)25-24-21(27)13-16-6-9-18(10-7-16)26-12-4-5-22(26)28/h6-11,14-15H,4-5,12-13H2,1-3H3,(H,24,27)(H,25,29). The summed E-state index contributed by atoms with van der Waals surface area (Å²) in [5, 5.41) is 0. The second kappa shape index (κ2) is 9.97. The molecule has 0 saturated carbocycles. The summed E-state index contributed by atoms with van der Waals surface area (Å²) in [6.45, 7) is 4.52. The largest absolute Gasteiger partial charge is 0.493 e. The van der Waals surface area contributed by atoms with Crippen LogP contribution < -0.4 is 25.2 Å². The summed E-state index contributed by atoms with van der Waals surface area (Å²) in [7, 11) is 1.50. The molecule has 1 heterocycles. The molecule has 2 aromatic rings. The number of anilines is 1. The Labute approximate surface area is 181 Å². The van der Waals surface area contributed by atoms with Crippen molar-refractivity contribution in [2.45, 2.75) is 39.2 Å². The predicted octanol–water partition coefficient (Wildman–Crippen LogP) is 2.61. The molecule has 0 bridgehead atoms. The number of rotatable bonds is 7. The van der Waals surface area contributed by atoms with Gasteiger partial charge in [-0.15, -0.1) is 0 Å². The lowest BCUT2D eigenvalue weighted by Crippen LogP contribution is -2.42. The summed E-state index contributed by atoms with van der Waals surface area (Å²) >= 11 is 0. The average molecular weight is 425 g/mol. The minimum absolute atomic E-state index is 0.0298. The fourth-order valence-electron chi connectivity index (χ4n) is 3.30. The molecule has 2 N–H and O–H groups in total. The number of hydrogen-bond acceptors (Lipinski definition) is 5. The molecule has 8 nitrogen and oxygen atoms in total. The lowest BCUT2D eigenvalue weighted by molar-refractivity contribution is -0.121. The highest BCUT2D eigenvalue weighted by Crippen LogP contribution is 2.29. The first kappa shape index (κ1) is 22.1. The van der Waals surface area contributed by atoms with Gasteiger partial charge >= 0.3 is 0 Å². The average Bonchev–Trinajstić information content (AvgIpc) is 3.18. The van der Waals surface area contributed by atoms with Gasteiger partial charge in [-0.2, -0.15) is 0 Å². The Morgan fingerprint density at radius 2 is 1.81 bits per heavy atom. The normalized spacial score (nSPS) is 13.3. The number of nitrogens with one attached hydrogen (secondary N) is 2. The lowest BCUT2D eigenvalue weighted by Gasteiger charge is -2.16. The smallest absolute Gasteiger partial charge is 0.269 e. The van der Waals surface area contributed by atoms with Crippen LogP contribution in [0.5, 0.6) is 11.5 Å². The van der Waals surface area contributed by atoms with Crippen LogP contribution in [-0.2, 0) is 16.0 Å². The van der Waals surface area contributed by atoms with E-state index in [0.29, 0.717) is 23.5 Å². The first-order valence-corrected chi connectivity index (χ1v) is 10.2. The van der Waals surface area contributed by atoms with Gasteiger partial charge in [0.05, 0.1) is 19.6 Å². The van der Waals surface area contributed by atoms with E-state index in [1.165, 1.54) is 7.11 Å². The van der Waals surface area contributed by atoms with E-state index in [1.807, 2.05) is 26.0 Å². The van der Waals surface area contributed by atoms with Gasteiger partial charge in [-0.05, 0) is 56.2 Å². The minimum atomic E-state index is -0.467. The second-order valence-corrected chi connectivity index (χ2v) is 7.53. The third-order valence-corrected chi connectivity index (χ3v) is 4.79. The van der Waals surface area contributed by atoms with Gasteiger partial charge < -0.3 is 14.4 Å². The zero-order valence-electron chi connectivity index (χ0n) is 17.9. The van der Waals surface area contributed by atoms with Crippen LogP contribution in [0.2, 0.25) is 0 Å². The summed E-state index contributed by atoms with van der Waals surface area (Å²) in [5.74, 6) is 0.269. The number of hydrogen-bond donors (Lipinski definition) is 2. The maximum absolute atomic E-state index is 12.4. The Bertz CT molecular complexity index is 956. The summed E-state index contributed by atoms with van der Waals surface area (Å²) in [6.07, 6.45) is 1.50. The molecule has 3 rings (SSSR count). The second-order valence-electron chi connectivity index (χ2n) is 7.53. The lowest BCUT2D eigenvalue weighted by atomic mass is 10.1. The zero-order chi connectivity index (χ0) is 22.4. The van der Waals surface area contributed by atoms with Crippen LogP contribution in [0.1, 0.15) is 42.6 Å². The maximum atomic E-state index is 12.4. The summed E-state index contributed by atoms with van der Waals surface area (Å²) in [5.41, 5.74) is 6.76. The van der Waals surface area contributed by atoms with E-state index in [2.05, 4.69) is 10.9 Å². The van der Waals surface area contributed by atoms with Gasteiger partial charge in [0.25, 0.3) is 5.91 Å². The molecule has 0 radical (unpaired) electrons. The molecule has 0 unspecified atom stereocenters. The number of methoxy groups -OCH3 is 1. The van der Waals surface area contributed by atoms with Gasteiger partial charge in [0.1, 0.15) is 0 Å². The molecule has 0 aliphatic carbocycles. The highest BCUT2D eigenvalue weighted by atomic mass is 16.5. The highest BCUT2D eigenvalue weighted by molar-refractivity contribution is 5.96. The van der Waals surface area contributed by atoms with Gasteiger partial charge in [0.2, 0.25) is 11.8 Å². The Hall–Kier alpha value is -3.55. The monoisotopic (exact) mass is 425 g/mol. The third kappa shape index (κ3) is 5.75. The molecule has 3 amide bonds. The van der Waals surface area contributed by atoms with Crippen LogP contribution in [0, 0.1) is 0 Å². The van der Waals surface area contributed by atoms with Crippen LogP contribution in [0.3, 0.4) is 0 Å². The van der Waals surface area contributed by atoms with Crippen LogP contribution in [-0.4, -0.2) is 37.5 Å². The topological polar surface area (TPSA) is 97.0 Å². The van der Waals surface area contributed by atoms with Gasteiger partial charge in [-0.3, -0.25) is 25.2 Å². The third-order valence-electron chi connectivity index (χ3n) is 4.79.